The topological polar surface area (TPSA) is 46.6 Å². The summed E-state index contributed by atoms with van der Waals surface area (Å²) in [7, 11) is 0. The summed E-state index contributed by atoms with van der Waals surface area (Å²) in [4.78, 5) is 29.8. The van der Waals surface area contributed by atoms with E-state index in [1.54, 1.807) is 11.3 Å². The fourth-order valence-electron chi connectivity index (χ4n) is 5.29. The van der Waals surface area contributed by atoms with Crippen molar-refractivity contribution >= 4 is 23.2 Å². The van der Waals surface area contributed by atoms with E-state index in [1.165, 1.54) is 61.8 Å². The number of fused-ring (bicyclic) bond motifs is 1. The van der Waals surface area contributed by atoms with Crippen LogP contribution < -0.4 is 0 Å². The molecule has 0 N–H and O–H groups in total. The standard InChI is InChI=1S/C23H33NO3S/c25-22(16-27-23(26)21-15-17-9-7-8-14-20(17)28-21)24(18-10-3-1-4-11-18)19-12-5-2-6-13-19/h15,18-19H,1-14,16H2. The highest BCUT2D eigenvalue weighted by molar-refractivity contribution is 7.14. The predicted octanol–water partition coefficient (Wildman–Crippen LogP) is 5.28. The molecule has 0 spiro atoms. The Morgan fingerprint density at radius 2 is 1.50 bits per heavy atom. The third-order valence-electron chi connectivity index (χ3n) is 6.75. The highest BCUT2D eigenvalue weighted by Gasteiger charge is 2.33. The fraction of sp³-hybridized carbons (Fsp3) is 0.739. The van der Waals surface area contributed by atoms with Gasteiger partial charge in [0.15, 0.2) is 6.61 Å². The molecular weight excluding hydrogens is 370 g/mol. The van der Waals surface area contributed by atoms with Gasteiger partial charge in [0.25, 0.3) is 5.91 Å². The number of esters is 1. The Morgan fingerprint density at radius 1 is 0.893 bits per heavy atom. The number of amides is 1. The lowest BCUT2D eigenvalue weighted by Gasteiger charge is -2.41. The lowest BCUT2D eigenvalue weighted by Crippen LogP contribution is -2.50. The zero-order valence-corrected chi connectivity index (χ0v) is 17.7. The molecule has 4 nitrogen and oxygen atoms in total. The molecule has 1 heterocycles. The van der Waals surface area contributed by atoms with E-state index >= 15 is 0 Å². The summed E-state index contributed by atoms with van der Waals surface area (Å²) in [6, 6.07) is 2.68. The van der Waals surface area contributed by atoms with Gasteiger partial charge in [-0.25, -0.2) is 4.79 Å². The average molecular weight is 404 g/mol. The minimum Gasteiger partial charge on any atom is -0.451 e. The Labute approximate surface area is 172 Å². The third-order valence-corrected chi connectivity index (χ3v) is 7.97. The molecule has 0 aromatic carbocycles. The molecule has 5 heteroatoms. The molecular formula is C23H33NO3S. The molecule has 0 radical (unpaired) electrons. The number of ether oxygens (including phenoxy) is 1. The van der Waals surface area contributed by atoms with Crippen LogP contribution in [0.3, 0.4) is 0 Å². The SMILES string of the molecule is O=C(OCC(=O)N(C1CCCCC1)C1CCCCC1)c1cc2c(s1)CCCC2. The largest absolute Gasteiger partial charge is 0.451 e. The minimum atomic E-state index is -0.319. The highest BCUT2D eigenvalue weighted by atomic mass is 32.1. The second-order valence-electron chi connectivity index (χ2n) is 8.73. The van der Waals surface area contributed by atoms with E-state index < -0.39 is 0 Å². The van der Waals surface area contributed by atoms with Crippen LogP contribution in [0.25, 0.3) is 0 Å². The van der Waals surface area contributed by atoms with Gasteiger partial charge >= 0.3 is 5.97 Å². The van der Waals surface area contributed by atoms with Crippen LogP contribution in [0.5, 0.6) is 0 Å². The summed E-state index contributed by atoms with van der Waals surface area (Å²) >= 11 is 1.56. The molecule has 0 aliphatic heterocycles. The van der Waals surface area contributed by atoms with Crippen LogP contribution in [0.2, 0.25) is 0 Å². The second-order valence-corrected chi connectivity index (χ2v) is 9.86. The lowest BCUT2D eigenvalue weighted by molar-refractivity contribution is -0.141. The maximum absolute atomic E-state index is 13.1. The van der Waals surface area contributed by atoms with E-state index in [1.807, 2.05) is 6.07 Å². The predicted molar refractivity (Wildman–Crippen MR) is 112 cm³/mol. The first-order chi connectivity index (χ1) is 13.7. The molecule has 154 valence electrons. The fourth-order valence-corrected chi connectivity index (χ4v) is 6.44. The van der Waals surface area contributed by atoms with Crippen LogP contribution in [0, 0.1) is 0 Å². The molecule has 2 saturated carbocycles. The van der Waals surface area contributed by atoms with Gasteiger partial charge in [-0.05, 0) is 63.0 Å². The van der Waals surface area contributed by atoms with Crippen molar-refractivity contribution in [1.29, 1.82) is 0 Å². The molecule has 28 heavy (non-hydrogen) atoms. The summed E-state index contributed by atoms with van der Waals surface area (Å²) in [6.45, 7) is -0.103. The Balaban J connectivity index is 1.39. The first kappa shape index (κ1) is 19.9. The van der Waals surface area contributed by atoms with Gasteiger partial charge in [-0.15, -0.1) is 11.3 Å². The smallest absolute Gasteiger partial charge is 0.348 e. The van der Waals surface area contributed by atoms with Gasteiger partial charge in [-0.3, -0.25) is 4.79 Å². The number of rotatable bonds is 5. The van der Waals surface area contributed by atoms with E-state index in [0.717, 1.165) is 38.5 Å². The monoisotopic (exact) mass is 403 g/mol. The number of thiophene rings is 1. The number of carbonyl (C=O) groups is 2. The van der Waals surface area contributed by atoms with Crippen molar-refractivity contribution in [2.75, 3.05) is 6.61 Å². The van der Waals surface area contributed by atoms with Crippen LogP contribution in [-0.4, -0.2) is 35.5 Å². The van der Waals surface area contributed by atoms with Gasteiger partial charge in [0.1, 0.15) is 4.88 Å². The maximum atomic E-state index is 13.1. The number of hydrogen-bond acceptors (Lipinski definition) is 4. The van der Waals surface area contributed by atoms with Gasteiger partial charge < -0.3 is 9.64 Å². The molecule has 1 amide bonds. The number of carbonyl (C=O) groups excluding carboxylic acids is 2. The molecule has 0 atom stereocenters. The second kappa shape index (κ2) is 9.43. The highest BCUT2D eigenvalue weighted by Crippen LogP contribution is 2.32. The van der Waals surface area contributed by atoms with Crippen LogP contribution in [0.1, 0.15) is 97.2 Å². The normalized spacial score (nSPS) is 21.1. The maximum Gasteiger partial charge on any atom is 0.348 e. The minimum absolute atomic E-state index is 0.0217. The van der Waals surface area contributed by atoms with Crippen LogP contribution in [0.4, 0.5) is 0 Å². The Hall–Kier alpha value is -1.36. The Morgan fingerprint density at radius 3 is 2.11 bits per heavy atom. The van der Waals surface area contributed by atoms with Crippen molar-refractivity contribution in [2.45, 2.75) is 102 Å². The number of nitrogens with zero attached hydrogens (tertiary/aromatic N) is 1. The molecule has 4 rings (SSSR count). The van der Waals surface area contributed by atoms with Crippen molar-refractivity contribution in [3.63, 3.8) is 0 Å². The zero-order chi connectivity index (χ0) is 19.3. The summed E-state index contributed by atoms with van der Waals surface area (Å²) in [6.07, 6.45) is 16.4. The number of aryl methyl sites for hydroxylation is 2. The molecule has 0 bridgehead atoms. The zero-order valence-electron chi connectivity index (χ0n) is 16.9. The first-order valence-corrected chi connectivity index (χ1v) is 12.1. The van der Waals surface area contributed by atoms with Crippen molar-refractivity contribution < 1.29 is 14.3 Å². The van der Waals surface area contributed by atoms with Gasteiger partial charge in [0, 0.05) is 17.0 Å². The lowest BCUT2D eigenvalue weighted by atomic mass is 9.88. The molecule has 1 aromatic rings. The van der Waals surface area contributed by atoms with Gasteiger partial charge in [-0.2, -0.15) is 0 Å². The van der Waals surface area contributed by atoms with E-state index in [0.29, 0.717) is 17.0 Å². The quantitative estimate of drug-likeness (QED) is 0.629. The summed E-state index contributed by atoms with van der Waals surface area (Å²) in [5.41, 5.74) is 1.31. The van der Waals surface area contributed by atoms with E-state index in [4.69, 9.17) is 4.74 Å². The molecule has 0 unspecified atom stereocenters. The molecule has 0 saturated heterocycles. The molecule has 3 aliphatic carbocycles. The van der Waals surface area contributed by atoms with Crippen molar-refractivity contribution in [2.24, 2.45) is 0 Å². The van der Waals surface area contributed by atoms with Crippen molar-refractivity contribution in [1.82, 2.24) is 4.90 Å². The van der Waals surface area contributed by atoms with Crippen LogP contribution >= 0.6 is 11.3 Å². The molecule has 2 fully saturated rings. The number of hydrogen-bond donors (Lipinski definition) is 0. The summed E-state index contributed by atoms with van der Waals surface area (Å²) < 4.78 is 5.51. The van der Waals surface area contributed by atoms with Crippen molar-refractivity contribution in [3.05, 3.63) is 21.4 Å². The van der Waals surface area contributed by atoms with E-state index in [-0.39, 0.29) is 18.5 Å². The molecule has 1 aromatic heterocycles. The Kier molecular flexibility index (Phi) is 6.71. The average Bonchev–Trinajstić information content (AvgIpc) is 3.18. The summed E-state index contributed by atoms with van der Waals surface area (Å²) in [5.74, 6) is -0.298. The molecule has 3 aliphatic rings. The first-order valence-electron chi connectivity index (χ1n) is 11.3. The van der Waals surface area contributed by atoms with Crippen molar-refractivity contribution in [3.8, 4) is 0 Å². The van der Waals surface area contributed by atoms with Gasteiger partial charge in [0.2, 0.25) is 0 Å². The Bertz CT molecular complexity index is 645. The van der Waals surface area contributed by atoms with Crippen LogP contribution in [-0.2, 0) is 22.4 Å². The van der Waals surface area contributed by atoms with E-state index in [9.17, 15) is 9.59 Å². The van der Waals surface area contributed by atoms with Gasteiger partial charge in [-0.1, -0.05) is 38.5 Å². The summed E-state index contributed by atoms with van der Waals surface area (Å²) in [5, 5.41) is 0. The van der Waals surface area contributed by atoms with Gasteiger partial charge in [0.05, 0.1) is 0 Å². The van der Waals surface area contributed by atoms with E-state index in [2.05, 4.69) is 4.90 Å². The van der Waals surface area contributed by atoms with Crippen LogP contribution in [0.15, 0.2) is 6.07 Å². The third kappa shape index (κ3) is 4.61.